The largest absolute Gasteiger partial charge is 0.416 e. The van der Waals surface area contributed by atoms with Crippen molar-refractivity contribution in [3.63, 3.8) is 0 Å². The summed E-state index contributed by atoms with van der Waals surface area (Å²) >= 11 is 0. The standard InChI is InChI=1S/C10H6F3NO/c11-10(12,13)7-1-2-8-6(5-7)3-4-14-9(8)15/h1-5H,(H,14,15). The summed E-state index contributed by atoms with van der Waals surface area (Å²) in [5, 5.41) is 0.541. The van der Waals surface area contributed by atoms with Gasteiger partial charge in [0.15, 0.2) is 0 Å². The molecule has 1 aromatic heterocycles. The molecule has 2 aromatic rings. The lowest BCUT2D eigenvalue weighted by Gasteiger charge is -2.06. The number of hydrogen-bond donors (Lipinski definition) is 1. The first-order valence-electron chi connectivity index (χ1n) is 4.17. The summed E-state index contributed by atoms with van der Waals surface area (Å²) in [4.78, 5) is 13.6. The van der Waals surface area contributed by atoms with Crippen molar-refractivity contribution in [3.05, 3.63) is 46.4 Å². The van der Waals surface area contributed by atoms with Gasteiger partial charge in [0.25, 0.3) is 5.56 Å². The molecule has 2 rings (SSSR count). The zero-order valence-corrected chi connectivity index (χ0v) is 7.43. The number of fused-ring (bicyclic) bond motifs is 1. The minimum Gasteiger partial charge on any atom is -0.329 e. The van der Waals surface area contributed by atoms with E-state index >= 15 is 0 Å². The molecule has 0 aliphatic heterocycles. The monoisotopic (exact) mass is 213 g/mol. The number of halogens is 3. The Bertz CT molecular complexity index is 556. The lowest BCUT2D eigenvalue weighted by molar-refractivity contribution is -0.137. The van der Waals surface area contributed by atoms with Crippen molar-refractivity contribution in [1.29, 1.82) is 0 Å². The lowest BCUT2D eigenvalue weighted by atomic mass is 10.1. The van der Waals surface area contributed by atoms with Gasteiger partial charge < -0.3 is 4.98 Å². The number of nitrogens with one attached hydrogen (secondary N) is 1. The predicted octanol–water partition coefficient (Wildman–Crippen LogP) is 2.55. The fourth-order valence-electron chi connectivity index (χ4n) is 1.37. The number of hydrogen-bond acceptors (Lipinski definition) is 1. The summed E-state index contributed by atoms with van der Waals surface area (Å²) < 4.78 is 37.0. The van der Waals surface area contributed by atoms with E-state index in [9.17, 15) is 18.0 Å². The molecule has 15 heavy (non-hydrogen) atoms. The van der Waals surface area contributed by atoms with Crippen molar-refractivity contribution in [2.45, 2.75) is 6.18 Å². The topological polar surface area (TPSA) is 32.9 Å². The van der Waals surface area contributed by atoms with Crippen LogP contribution in [0.1, 0.15) is 5.56 Å². The normalized spacial score (nSPS) is 11.9. The smallest absolute Gasteiger partial charge is 0.329 e. The van der Waals surface area contributed by atoms with Gasteiger partial charge in [0.05, 0.1) is 5.56 Å². The maximum atomic E-state index is 12.3. The summed E-state index contributed by atoms with van der Waals surface area (Å²) in [7, 11) is 0. The third kappa shape index (κ3) is 1.72. The molecule has 0 atom stereocenters. The van der Waals surface area contributed by atoms with E-state index < -0.39 is 11.7 Å². The molecule has 0 saturated heterocycles. The zero-order chi connectivity index (χ0) is 11.1. The molecule has 78 valence electrons. The van der Waals surface area contributed by atoms with Gasteiger partial charge in [0.2, 0.25) is 0 Å². The van der Waals surface area contributed by atoms with Crippen molar-refractivity contribution >= 4 is 10.8 Å². The van der Waals surface area contributed by atoms with Crippen LogP contribution in [0.2, 0.25) is 0 Å². The van der Waals surface area contributed by atoms with Gasteiger partial charge in [-0.1, -0.05) is 0 Å². The van der Waals surface area contributed by atoms with E-state index in [1.807, 2.05) is 0 Å². The van der Waals surface area contributed by atoms with Crippen LogP contribution in [0, 0.1) is 0 Å². The molecule has 0 unspecified atom stereocenters. The van der Waals surface area contributed by atoms with E-state index in [2.05, 4.69) is 4.98 Å². The molecule has 0 aliphatic rings. The first kappa shape index (κ1) is 9.76. The summed E-state index contributed by atoms with van der Waals surface area (Å²) in [6.45, 7) is 0. The van der Waals surface area contributed by atoms with Crippen LogP contribution in [-0.4, -0.2) is 4.98 Å². The Morgan fingerprint density at radius 3 is 2.53 bits per heavy atom. The fraction of sp³-hybridized carbons (Fsp3) is 0.100. The van der Waals surface area contributed by atoms with Crippen LogP contribution in [0.25, 0.3) is 10.8 Å². The van der Waals surface area contributed by atoms with Gasteiger partial charge in [0.1, 0.15) is 0 Å². The van der Waals surface area contributed by atoms with Crippen LogP contribution in [0.5, 0.6) is 0 Å². The first-order chi connectivity index (χ1) is 6.98. The molecule has 0 aliphatic carbocycles. The SMILES string of the molecule is O=c1[nH]ccc2cc(C(F)(F)F)ccc12. The highest BCUT2D eigenvalue weighted by molar-refractivity contribution is 5.82. The highest BCUT2D eigenvalue weighted by Crippen LogP contribution is 2.30. The van der Waals surface area contributed by atoms with Crippen molar-refractivity contribution in [2.24, 2.45) is 0 Å². The molecule has 0 amide bonds. The third-order valence-electron chi connectivity index (χ3n) is 2.10. The van der Waals surface area contributed by atoms with Crippen molar-refractivity contribution in [2.75, 3.05) is 0 Å². The molecule has 1 aromatic carbocycles. The average molecular weight is 213 g/mol. The van der Waals surface area contributed by atoms with Crippen LogP contribution in [0.3, 0.4) is 0 Å². The summed E-state index contributed by atoms with van der Waals surface area (Å²) in [6.07, 6.45) is -3.05. The molecule has 0 bridgehead atoms. The predicted molar refractivity (Wildman–Crippen MR) is 49.6 cm³/mol. The first-order valence-corrected chi connectivity index (χ1v) is 4.17. The van der Waals surface area contributed by atoms with Gasteiger partial charge >= 0.3 is 6.18 Å². The van der Waals surface area contributed by atoms with Crippen molar-refractivity contribution < 1.29 is 13.2 Å². The number of aromatic nitrogens is 1. The number of benzene rings is 1. The Labute approximate surface area is 82.4 Å². The van der Waals surface area contributed by atoms with Crippen LogP contribution < -0.4 is 5.56 Å². The van der Waals surface area contributed by atoms with E-state index in [0.29, 0.717) is 0 Å². The number of alkyl halides is 3. The lowest BCUT2D eigenvalue weighted by Crippen LogP contribution is -2.08. The maximum Gasteiger partial charge on any atom is 0.416 e. The zero-order valence-electron chi connectivity index (χ0n) is 7.43. The Kier molecular flexibility index (Phi) is 2.03. The summed E-state index contributed by atoms with van der Waals surface area (Å²) in [5.41, 5.74) is -1.14. The highest BCUT2D eigenvalue weighted by Gasteiger charge is 2.30. The number of rotatable bonds is 0. The van der Waals surface area contributed by atoms with E-state index in [1.165, 1.54) is 18.3 Å². The molecule has 1 N–H and O–H groups in total. The van der Waals surface area contributed by atoms with Crippen LogP contribution in [0.4, 0.5) is 13.2 Å². The second-order valence-corrected chi connectivity index (χ2v) is 3.11. The molecule has 0 saturated carbocycles. The van der Waals surface area contributed by atoms with E-state index in [4.69, 9.17) is 0 Å². The Hall–Kier alpha value is -1.78. The van der Waals surface area contributed by atoms with Crippen LogP contribution >= 0.6 is 0 Å². The van der Waals surface area contributed by atoms with E-state index in [1.54, 1.807) is 0 Å². The number of H-pyrrole nitrogens is 1. The summed E-state index contributed by atoms with van der Waals surface area (Å²) in [6, 6.07) is 4.48. The van der Waals surface area contributed by atoms with Gasteiger partial charge in [-0.15, -0.1) is 0 Å². The summed E-state index contributed by atoms with van der Waals surface area (Å²) in [5.74, 6) is 0. The van der Waals surface area contributed by atoms with Crippen LogP contribution in [-0.2, 0) is 6.18 Å². The second-order valence-electron chi connectivity index (χ2n) is 3.11. The molecule has 0 fully saturated rings. The molecule has 5 heteroatoms. The number of pyridine rings is 1. The Balaban J connectivity index is 2.73. The molecule has 0 spiro atoms. The highest BCUT2D eigenvalue weighted by atomic mass is 19.4. The Morgan fingerprint density at radius 1 is 1.13 bits per heavy atom. The van der Waals surface area contributed by atoms with Gasteiger partial charge in [-0.25, -0.2) is 0 Å². The van der Waals surface area contributed by atoms with Gasteiger partial charge in [-0.05, 0) is 29.7 Å². The Morgan fingerprint density at radius 2 is 1.87 bits per heavy atom. The van der Waals surface area contributed by atoms with Crippen LogP contribution in [0.15, 0.2) is 35.3 Å². The quantitative estimate of drug-likeness (QED) is 0.716. The molecule has 2 nitrogen and oxygen atoms in total. The fourth-order valence-corrected chi connectivity index (χ4v) is 1.37. The maximum absolute atomic E-state index is 12.3. The van der Waals surface area contributed by atoms with E-state index in [0.717, 1.165) is 12.1 Å². The third-order valence-corrected chi connectivity index (χ3v) is 2.10. The molecular weight excluding hydrogens is 207 g/mol. The molecular formula is C10H6F3NO. The number of aromatic amines is 1. The van der Waals surface area contributed by atoms with E-state index in [-0.39, 0.29) is 16.3 Å². The molecule has 0 radical (unpaired) electrons. The minimum absolute atomic E-state index is 0.255. The van der Waals surface area contributed by atoms with Crippen molar-refractivity contribution in [3.8, 4) is 0 Å². The van der Waals surface area contributed by atoms with Gasteiger partial charge in [-0.2, -0.15) is 13.2 Å². The van der Waals surface area contributed by atoms with Gasteiger partial charge in [0, 0.05) is 11.6 Å². The van der Waals surface area contributed by atoms with Crippen molar-refractivity contribution in [1.82, 2.24) is 4.98 Å². The minimum atomic E-state index is -4.38. The second kappa shape index (κ2) is 3.12. The molecule has 1 heterocycles. The van der Waals surface area contributed by atoms with Gasteiger partial charge in [-0.3, -0.25) is 4.79 Å². The average Bonchev–Trinajstić information content (AvgIpc) is 2.16.